The van der Waals surface area contributed by atoms with Gasteiger partial charge in [-0.1, -0.05) is 0 Å². The van der Waals surface area contributed by atoms with Gasteiger partial charge in [0.2, 0.25) is 0 Å². The summed E-state index contributed by atoms with van der Waals surface area (Å²) in [5, 5.41) is 9.90. The summed E-state index contributed by atoms with van der Waals surface area (Å²) in [6.07, 6.45) is 0. The Morgan fingerprint density at radius 2 is 2.40 bits per heavy atom. The fraction of sp³-hybridized carbons (Fsp3) is 0.500. The predicted octanol–water partition coefficient (Wildman–Crippen LogP) is 0.859. The maximum absolute atomic E-state index is 4.02. The van der Waals surface area contributed by atoms with Crippen molar-refractivity contribution in [3.05, 3.63) is 17.5 Å². The summed E-state index contributed by atoms with van der Waals surface area (Å²) in [5.41, 5.74) is 2.18. The zero-order valence-electron chi connectivity index (χ0n) is 6.14. The molecule has 3 nitrogen and oxygen atoms in total. The lowest BCUT2D eigenvalue weighted by Gasteiger charge is -1.88. The van der Waals surface area contributed by atoms with Crippen molar-refractivity contribution >= 4 is 12.4 Å². The van der Waals surface area contributed by atoms with Crippen LogP contribution in [0, 0.1) is 6.92 Å². The molecule has 0 saturated carbocycles. The fourth-order valence-electron chi connectivity index (χ4n) is 0.746. The van der Waals surface area contributed by atoms with Gasteiger partial charge in [0.25, 0.3) is 0 Å². The van der Waals surface area contributed by atoms with Gasteiger partial charge >= 0.3 is 0 Å². The Hall–Kier alpha value is -0.540. The zero-order chi connectivity index (χ0) is 6.69. The Morgan fingerprint density at radius 1 is 1.70 bits per heavy atom. The maximum atomic E-state index is 4.02. The summed E-state index contributed by atoms with van der Waals surface area (Å²) in [5.74, 6) is 0. The van der Waals surface area contributed by atoms with Crippen LogP contribution >= 0.6 is 12.4 Å². The summed E-state index contributed by atoms with van der Waals surface area (Å²) in [4.78, 5) is 0. The van der Waals surface area contributed by atoms with Gasteiger partial charge in [0.1, 0.15) is 0 Å². The van der Waals surface area contributed by atoms with Crippen molar-refractivity contribution in [1.82, 2.24) is 15.5 Å². The number of rotatable bonds is 2. The number of H-pyrrole nitrogens is 1. The quantitative estimate of drug-likeness (QED) is 0.676. The standard InChI is InChI=1S/C6H11N3.ClH/c1-5-3-6(4-7-2)9-8-5;/h3,7H,4H2,1-2H3,(H,8,9);1H. The van der Waals surface area contributed by atoms with E-state index < -0.39 is 0 Å². The van der Waals surface area contributed by atoms with Crippen LogP contribution < -0.4 is 5.32 Å². The van der Waals surface area contributed by atoms with Crippen LogP contribution in [0.15, 0.2) is 6.07 Å². The second-order valence-electron chi connectivity index (χ2n) is 2.07. The Labute approximate surface area is 66.6 Å². The van der Waals surface area contributed by atoms with Gasteiger partial charge in [-0.15, -0.1) is 12.4 Å². The highest BCUT2D eigenvalue weighted by Crippen LogP contribution is 1.95. The third-order valence-electron chi connectivity index (χ3n) is 1.12. The van der Waals surface area contributed by atoms with E-state index in [1.807, 2.05) is 20.0 Å². The van der Waals surface area contributed by atoms with Gasteiger partial charge in [0, 0.05) is 12.2 Å². The molecule has 4 heteroatoms. The van der Waals surface area contributed by atoms with Crippen LogP contribution in [0.5, 0.6) is 0 Å². The lowest BCUT2D eigenvalue weighted by atomic mass is 10.4. The Kier molecular flexibility index (Phi) is 4.07. The Morgan fingerprint density at radius 3 is 2.80 bits per heavy atom. The van der Waals surface area contributed by atoms with Gasteiger partial charge in [0.05, 0.1) is 5.69 Å². The molecule has 0 fully saturated rings. The second kappa shape index (κ2) is 4.30. The van der Waals surface area contributed by atoms with E-state index in [0.717, 1.165) is 17.9 Å². The van der Waals surface area contributed by atoms with Crippen LogP contribution in [0.1, 0.15) is 11.4 Å². The Bertz CT molecular complexity index is 185. The molecule has 0 spiro atoms. The first-order valence-electron chi connectivity index (χ1n) is 2.98. The fourth-order valence-corrected chi connectivity index (χ4v) is 0.746. The minimum atomic E-state index is 0. The van der Waals surface area contributed by atoms with E-state index in [2.05, 4.69) is 15.5 Å². The highest BCUT2D eigenvalue weighted by Gasteiger charge is 1.92. The van der Waals surface area contributed by atoms with Gasteiger partial charge in [-0.25, -0.2) is 0 Å². The molecule has 1 rings (SSSR count). The number of hydrogen-bond acceptors (Lipinski definition) is 2. The molecule has 0 saturated heterocycles. The third kappa shape index (κ3) is 2.37. The average molecular weight is 162 g/mol. The molecular formula is C6H12ClN3. The first-order chi connectivity index (χ1) is 4.33. The Balaban J connectivity index is 0.000000810. The van der Waals surface area contributed by atoms with Crippen molar-refractivity contribution in [2.75, 3.05) is 7.05 Å². The molecular weight excluding hydrogens is 150 g/mol. The molecule has 2 N–H and O–H groups in total. The molecule has 10 heavy (non-hydrogen) atoms. The van der Waals surface area contributed by atoms with Gasteiger partial charge in [-0.05, 0) is 20.0 Å². The van der Waals surface area contributed by atoms with Crippen LogP contribution in [0.3, 0.4) is 0 Å². The van der Waals surface area contributed by atoms with Crippen molar-refractivity contribution in [3.63, 3.8) is 0 Å². The zero-order valence-corrected chi connectivity index (χ0v) is 6.96. The minimum Gasteiger partial charge on any atom is -0.314 e. The van der Waals surface area contributed by atoms with E-state index in [1.165, 1.54) is 0 Å². The monoisotopic (exact) mass is 161 g/mol. The van der Waals surface area contributed by atoms with E-state index in [1.54, 1.807) is 0 Å². The summed E-state index contributed by atoms with van der Waals surface area (Å²) in [6.45, 7) is 2.83. The second-order valence-corrected chi connectivity index (χ2v) is 2.07. The maximum Gasteiger partial charge on any atom is 0.0762 e. The molecule has 0 radical (unpaired) electrons. The van der Waals surface area contributed by atoms with Crippen molar-refractivity contribution in [3.8, 4) is 0 Å². The largest absolute Gasteiger partial charge is 0.314 e. The molecule has 1 aromatic rings. The van der Waals surface area contributed by atoms with Crippen molar-refractivity contribution in [2.45, 2.75) is 13.5 Å². The van der Waals surface area contributed by atoms with Gasteiger partial charge in [-0.2, -0.15) is 5.10 Å². The SMILES string of the molecule is CNCc1cc(C)[nH]n1.Cl. The van der Waals surface area contributed by atoms with E-state index in [-0.39, 0.29) is 12.4 Å². The number of nitrogens with zero attached hydrogens (tertiary/aromatic N) is 1. The van der Waals surface area contributed by atoms with Crippen LogP contribution in [0.4, 0.5) is 0 Å². The molecule has 1 heterocycles. The molecule has 0 amide bonds. The molecule has 58 valence electrons. The van der Waals surface area contributed by atoms with Gasteiger partial charge in [0.15, 0.2) is 0 Å². The summed E-state index contributed by atoms with van der Waals surface area (Å²) in [7, 11) is 1.91. The number of hydrogen-bond donors (Lipinski definition) is 2. The summed E-state index contributed by atoms with van der Waals surface area (Å²) < 4.78 is 0. The molecule has 1 aromatic heterocycles. The average Bonchev–Trinajstić information content (AvgIpc) is 2.17. The first-order valence-corrected chi connectivity index (χ1v) is 2.98. The number of halogens is 1. The van der Waals surface area contributed by atoms with E-state index in [0.29, 0.717) is 0 Å². The molecule has 0 atom stereocenters. The van der Waals surface area contributed by atoms with Gasteiger partial charge in [-0.3, -0.25) is 5.10 Å². The molecule has 0 aliphatic carbocycles. The molecule has 0 aromatic carbocycles. The molecule has 0 aliphatic rings. The molecule has 0 unspecified atom stereocenters. The van der Waals surface area contributed by atoms with E-state index in [9.17, 15) is 0 Å². The molecule has 0 aliphatic heterocycles. The third-order valence-corrected chi connectivity index (χ3v) is 1.12. The lowest BCUT2D eigenvalue weighted by Crippen LogP contribution is -2.04. The molecule has 0 bridgehead atoms. The van der Waals surface area contributed by atoms with Crippen LogP contribution in [0.2, 0.25) is 0 Å². The predicted molar refractivity (Wildman–Crippen MR) is 43.3 cm³/mol. The smallest absolute Gasteiger partial charge is 0.0762 e. The highest BCUT2D eigenvalue weighted by atomic mass is 35.5. The lowest BCUT2D eigenvalue weighted by molar-refractivity contribution is 0.783. The number of aromatic amines is 1. The van der Waals surface area contributed by atoms with E-state index >= 15 is 0 Å². The minimum absolute atomic E-state index is 0. The summed E-state index contributed by atoms with van der Waals surface area (Å²) in [6, 6.07) is 2.02. The number of aromatic nitrogens is 2. The topological polar surface area (TPSA) is 40.7 Å². The van der Waals surface area contributed by atoms with Crippen molar-refractivity contribution < 1.29 is 0 Å². The van der Waals surface area contributed by atoms with E-state index in [4.69, 9.17) is 0 Å². The van der Waals surface area contributed by atoms with Crippen molar-refractivity contribution in [1.29, 1.82) is 0 Å². The van der Waals surface area contributed by atoms with Crippen LogP contribution in [0.25, 0.3) is 0 Å². The normalized spacial score (nSPS) is 9.00. The van der Waals surface area contributed by atoms with Gasteiger partial charge < -0.3 is 5.32 Å². The summed E-state index contributed by atoms with van der Waals surface area (Å²) >= 11 is 0. The highest BCUT2D eigenvalue weighted by molar-refractivity contribution is 5.85. The number of nitrogens with one attached hydrogen (secondary N) is 2. The van der Waals surface area contributed by atoms with Crippen molar-refractivity contribution in [2.24, 2.45) is 0 Å². The number of aryl methyl sites for hydroxylation is 1. The van der Waals surface area contributed by atoms with Crippen LogP contribution in [-0.2, 0) is 6.54 Å². The first kappa shape index (κ1) is 9.46. The van der Waals surface area contributed by atoms with Crippen LogP contribution in [-0.4, -0.2) is 17.2 Å².